The molecular formula is C22H24N2O2. The molecule has 0 amide bonds. The lowest BCUT2D eigenvalue weighted by Crippen LogP contribution is -2.42. The van der Waals surface area contributed by atoms with Crippen LogP contribution in [0.3, 0.4) is 0 Å². The third-order valence-electron chi connectivity index (χ3n) is 5.30. The van der Waals surface area contributed by atoms with Crippen LogP contribution in [-0.2, 0) is 6.54 Å². The number of methoxy groups -OCH3 is 1. The second-order valence-electron chi connectivity index (χ2n) is 6.98. The Balaban J connectivity index is 1.47. The van der Waals surface area contributed by atoms with Crippen LogP contribution < -0.4 is 4.74 Å². The summed E-state index contributed by atoms with van der Waals surface area (Å²) >= 11 is 0. The highest BCUT2D eigenvalue weighted by molar-refractivity contribution is 5.83. The number of hydrogen-bond donors (Lipinski definition) is 1. The van der Waals surface area contributed by atoms with Crippen molar-refractivity contribution in [1.29, 1.82) is 0 Å². The average molecular weight is 348 g/mol. The van der Waals surface area contributed by atoms with Crippen LogP contribution in [0.15, 0.2) is 60.8 Å². The Morgan fingerprint density at radius 3 is 2.77 bits per heavy atom. The van der Waals surface area contributed by atoms with Crippen LogP contribution in [0.5, 0.6) is 5.88 Å². The highest BCUT2D eigenvalue weighted by atomic mass is 16.5. The largest absolute Gasteiger partial charge is 0.481 e. The van der Waals surface area contributed by atoms with Crippen LogP contribution in [0.1, 0.15) is 23.5 Å². The SMILES string of the molecule is COc1ncccc1CN1CC[C@H](c2ccc3ccccc3c2)[C@@H](O)C1. The summed E-state index contributed by atoms with van der Waals surface area (Å²) in [6.07, 6.45) is 2.32. The van der Waals surface area contributed by atoms with Gasteiger partial charge < -0.3 is 9.84 Å². The van der Waals surface area contributed by atoms with Crippen molar-refractivity contribution in [1.82, 2.24) is 9.88 Å². The van der Waals surface area contributed by atoms with Gasteiger partial charge in [-0.05, 0) is 35.4 Å². The van der Waals surface area contributed by atoms with E-state index in [4.69, 9.17) is 4.74 Å². The molecule has 2 heterocycles. The molecule has 1 fully saturated rings. The second kappa shape index (κ2) is 7.44. The maximum Gasteiger partial charge on any atom is 0.217 e. The standard InChI is InChI=1S/C22H24N2O2/c1-26-22-19(7-4-11-23-22)14-24-12-10-20(21(25)15-24)18-9-8-16-5-2-3-6-17(16)13-18/h2-9,11,13,20-21,25H,10,12,14-15H2,1H3/t20-,21+/m1/s1. The lowest BCUT2D eigenvalue weighted by atomic mass is 9.86. The minimum absolute atomic E-state index is 0.187. The minimum Gasteiger partial charge on any atom is -0.481 e. The highest BCUT2D eigenvalue weighted by Gasteiger charge is 2.29. The van der Waals surface area contributed by atoms with Gasteiger partial charge in [-0.25, -0.2) is 4.98 Å². The van der Waals surface area contributed by atoms with Gasteiger partial charge in [-0.15, -0.1) is 0 Å². The van der Waals surface area contributed by atoms with E-state index in [0.29, 0.717) is 12.4 Å². The minimum atomic E-state index is -0.368. The van der Waals surface area contributed by atoms with E-state index >= 15 is 0 Å². The molecule has 0 spiro atoms. The number of hydrogen-bond acceptors (Lipinski definition) is 4. The van der Waals surface area contributed by atoms with Crippen LogP contribution in [0.4, 0.5) is 0 Å². The van der Waals surface area contributed by atoms with Gasteiger partial charge in [0.25, 0.3) is 0 Å². The van der Waals surface area contributed by atoms with Gasteiger partial charge in [-0.1, -0.05) is 48.5 Å². The van der Waals surface area contributed by atoms with E-state index in [0.717, 1.165) is 25.1 Å². The summed E-state index contributed by atoms with van der Waals surface area (Å²) in [5.74, 6) is 0.852. The summed E-state index contributed by atoms with van der Waals surface area (Å²) in [6, 6.07) is 18.9. The van der Waals surface area contributed by atoms with E-state index in [1.807, 2.05) is 12.1 Å². The molecule has 26 heavy (non-hydrogen) atoms. The molecule has 0 radical (unpaired) electrons. The van der Waals surface area contributed by atoms with Crippen molar-refractivity contribution in [2.75, 3.05) is 20.2 Å². The second-order valence-corrected chi connectivity index (χ2v) is 6.98. The summed E-state index contributed by atoms with van der Waals surface area (Å²) < 4.78 is 5.34. The Bertz CT molecular complexity index is 896. The summed E-state index contributed by atoms with van der Waals surface area (Å²) in [5, 5.41) is 13.3. The van der Waals surface area contributed by atoms with Crippen molar-refractivity contribution in [2.24, 2.45) is 0 Å². The van der Waals surface area contributed by atoms with E-state index in [9.17, 15) is 5.11 Å². The first kappa shape index (κ1) is 17.0. The zero-order valence-corrected chi connectivity index (χ0v) is 15.0. The van der Waals surface area contributed by atoms with Crippen molar-refractivity contribution in [3.05, 3.63) is 71.9 Å². The number of piperidine rings is 1. The fourth-order valence-corrected chi connectivity index (χ4v) is 3.94. The first-order chi connectivity index (χ1) is 12.7. The van der Waals surface area contributed by atoms with Crippen LogP contribution in [-0.4, -0.2) is 41.3 Å². The van der Waals surface area contributed by atoms with Crippen LogP contribution in [0.25, 0.3) is 10.8 Å². The summed E-state index contributed by atoms with van der Waals surface area (Å²) in [4.78, 5) is 6.54. The quantitative estimate of drug-likeness (QED) is 0.783. The molecule has 134 valence electrons. The van der Waals surface area contributed by atoms with Crippen LogP contribution in [0, 0.1) is 0 Å². The number of fused-ring (bicyclic) bond motifs is 1. The van der Waals surface area contributed by atoms with Gasteiger partial charge in [0.2, 0.25) is 5.88 Å². The fourth-order valence-electron chi connectivity index (χ4n) is 3.94. The van der Waals surface area contributed by atoms with Crippen LogP contribution >= 0.6 is 0 Å². The van der Waals surface area contributed by atoms with Crippen LogP contribution in [0.2, 0.25) is 0 Å². The van der Waals surface area contributed by atoms with E-state index < -0.39 is 0 Å². The van der Waals surface area contributed by atoms with Gasteiger partial charge in [0.15, 0.2) is 0 Å². The van der Waals surface area contributed by atoms with Gasteiger partial charge in [0.05, 0.1) is 13.2 Å². The normalized spacial score (nSPS) is 21.0. The Morgan fingerprint density at radius 2 is 1.96 bits per heavy atom. The van der Waals surface area contributed by atoms with Gasteiger partial charge in [-0.2, -0.15) is 0 Å². The molecule has 1 aliphatic heterocycles. The molecular weight excluding hydrogens is 324 g/mol. The van der Waals surface area contributed by atoms with E-state index in [2.05, 4.69) is 52.3 Å². The Morgan fingerprint density at radius 1 is 1.12 bits per heavy atom. The molecule has 4 rings (SSSR count). The highest BCUT2D eigenvalue weighted by Crippen LogP contribution is 2.31. The molecule has 1 N–H and O–H groups in total. The first-order valence-electron chi connectivity index (χ1n) is 9.11. The molecule has 2 atom stereocenters. The number of likely N-dealkylation sites (tertiary alicyclic amines) is 1. The third-order valence-corrected chi connectivity index (χ3v) is 5.30. The molecule has 0 aliphatic carbocycles. The maximum atomic E-state index is 10.8. The Labute approximate surface area is 154 Å². The van der Waals surface area contributed by atoms with Crippen molar-refractivity contribution < 1.29 is 9.84 Å². The molecule has 1 saturated heterocycles. The summed E-state index contributed by atoms with van der Waals surface area (Å²) in [6.45, 7) is 2.36. The number of nitrogens with zero attached hydrogens (tertiary/aromatic N) is 2. The molecule has 1 aromatic heterocycles. The predicted octanol–water partition coefficient (Wildman–Crippen LogP) is 3.59. The summed E-state index contributed by atoms with van der Waals surface area (Å²) in [5.41, 5.74) is 2.29. The molecule has 2 aromatic carbocycles. The predicted molar refractivity (Wildman–Crippen MR) is 103 cm³/mol. The zero-order valence-electron chi connectivity index (χ0n) is 15.0. The topological polar surface area (TPSA) is 45.6 Å². The van der Waals surface area contributed by atoms with Gasteiger partial charge in [0, 0.05) is 30.8 Å². The third kappa shape index (κ3) is 3.43. The molecule has 0 bridgehead atoms. The Kier molecular flexibility index (Phi) is 4.87. The number of rotatable bonds is 4. The number of ether oxygens (including phenoxy) is 1. The molecule has 0 saturated carbocycles. The van der Waals surface area contributed by atoms with Crippen molar-refractivity contribution in [3.8, 4) is 5.88 Å². The van der Waals surface area contributed by atoms with E-state index in [1.165, 1.54) is 16.3 Å². The van der Waals surface area contributed by atoms with Gasteiger partial charge in [0.1, 0.15) is 0 Å². The fraction of sp³-hybridized carbons (Fsp3) is 0.318. The zero-order chi connectivity index (χ0) is 17.9. The molecule has 4 heteroatoms. The van der Waals surface area contributed by atoms with Gasteiger partial charge in [-0.3, -0.25) is 4.90 Å². The van der Waals surface area contributed by atoms with Crippen molar-refractivity contribution in [2.45, 2.75) is 25.0 Å². The number of aliphatic hydroxyl groups excluding tert-OH is 1. The first-order valence-corrected chi connectivity index (χ1v) is 9.11. The summed E-state index contributed by atoms with van der Waals surface area (Å²) in [7, 11) is 1.65. The Hall–Kier alpha value is -2.43. The van der Waals surface area contributed by atoms with E-state index in [1.54, 1.807) is 13.3 Å². The number of benzene rings is 2. The number of aliphatic hydroxyl groups is 1. The van der Waals surface area contributed by atoms with Crippen molar-refractivity contribution in [3.63, 3.8) is 0 Å². The molecule has 1 aliphatic rings. The number of aromatic nitrogens is 1. The number of β-amino-alcohol motifs (C(OH)–C–C–N with tert-alkyl or cyclic N) is 1. The lowest BCUT2D eigenvalue weighted by molar-refractivity contribution is 0.0473. The maximum absolute atomic E-state index is 10.8. The average Bonchev–Trinajstić information content (AvgIpc) is 2.68. The van der Waals surface area contributed by atoms with Gasteiger partial charge >= 0.3 is 0 Å². The monoisotopic (exact) mass is 348 g/mol. The molecule has 4 nitrogen and oxygen atoms in total. The molecule has 3 aromatic rings. The molecule has 0 unspecified atom stereocenters. The lowest BCUT2D eigenvalue weighted by Gasteiger charge is -2.36. The number of pyridine rings is 1. The smallest absolute Gasteiger partial charge is 0.217 e. The van der Waals surface area contributed by atoms with E-state index in [-0.39, 0.29) is 12.0 Å². The van der Waals surface area contributed by atoms with Crippen molar-refractivity contribution >= 4 is 10.8 Å².